The molecule has 0 saturated carbocycles. The lowest BCUT2D eigenvalue weighted by Crippen LogP contribution is -2.23. The minimum Gasteiger partial charge on any atom is -0.492 e. The Morgan fingerprint density at radius 1 is 1.30 bits per heavy atom. The highest BCUT2D eigenvalue weighted by Gasteiger charge is 2.26. The molecule has 146 valence electrons. The molecular formula is C21H26ClNO4. The van der Waals surface area contributed by atoms with Crippen molar-refractivity contribution in [3.05, 3.63) is 45.2 Å². The van der Waals surface area contributed by atoms with Crippen LogP contribution in [0.5, 0.6) is 11.5 Å². The molecule has 0 fully saturated rings. The number of pyridine rings is 1. The lowest BCUT2D eigenvalue weighted by Gasteiger charge is -2.24. The maximum atomic E-state index is 12.3. The van der Waals surface area contributed by atoms with Crippen LogP contribution in [-0.2, 0) is 4.74 Å². The van der Waals surface area contributed by atoms with Gasteiger partial charge >= 0.3 is 0 Å². The predicted molar refractivity (Wildman–Crippen MR) is 107 cm³/mol. The monoisotopic (exact) mass is 391 g/mol. The molecule has 27 heavy (non-hydrogen) atoms. The number of hydrogen-bond acceptors (Lipinski definition) is 4. The minimum absolute atomic E-state index is 0.00706. The molecule has 0 N–H and O–H groups in total. The first-order chi connectivity index (χ1) is 12.9. The zero-order chi connectivity index (χ0) is 19.6. The van der Waals surface area contributed by atoms with Crippen molar-refractivity contribution in [3.63, 3.8) is 0 Å². The second-order valence-electron chi connectivity index (χ2n) is 7.21. The standard InChI is InChI=1S/C21H26ClNO4/c1-13(2)18-12-27-20-10-21(26-7-5-6-25-4)16(22)8-15(20)17-9-19(24)14(3)11-23(17)18/h8-11,13,18H,5-7,12H2,1-4H3/t18-/m0/s1. The molecule has 1 aliphatic rings. The molecule has 0 unspecified atom stereocenters. The molecule has 0 aliphatic carbocycles. The molecule has 6 heteroatoms. The van der Waals surface area contributed by atoms with Crippen molar-refractivity contribution in [2.45, 2.75) is 33.2 Å². The Bertz CT molecular complexity index is 875. The van der Waals surface area contributed by atoms with E-state index in [0.29, 0.717) is 42.3 Å². The quantitative estimate of drug-likeness (QED) is 0.681. The molecule has 3 rings (SSSR count). The maximum Gasteiger partial charge on any atom is 0.185 e. The third-order valence-electron chi connectivity index (χ3n) is 4.86. The van der Waals surface area contributed by atoms with Crippen molar-refractivity contribution >= 4 is 11.6 Å². The van der Waals surface area contributed by atoms with E-state index in [1.807, 2.05) is 25.3 Å². The van der Waals surface area contributed by atoms with Gasteiger partial charge in [-0.05, 0) is 18.9 Å². The molecule has 0 spiro atoms. The van der Waals surface area contributed by atoms with Crippen molar-refractivity contribution in [1.29, 1.82) is 0 Å². The number of benzene rings is 1. The van der Waals surface area contributed by atoms with E-state index in [-0.39, 0.29) is 11.5 Å². The third-order valence-corrected chi connectivity index (χ3v) is 5.16. The van der Waals surface area contributed by atoms with Gasteiger partial charge in [-0.1, -0.05) is 25.4 Å². The Morgan fingerprint density at radius 3 is 2.78 bits per heavy atom. The van der Waals surface area contributed by atoms with Crippen LogP contribution in [0.25, 0.3) is 11.3 Å². The van der Waals surface area contributed by atoms with Crippen molar-refractivity contribution in [2.75, 3.05) is 26.9 Å². The smallest absolute Gasteiger partial charge is 0.185 e. The van der Waals surface area contributed by atoms with Gasteiger partial charge in [-0.15, -0.1) is 0 Å². The van der Waals surface area contributed by atoms with Crippen LogP contribution in [0.1, 0.15) is 31.9 Å². The molecule has 0 amide bonds. The van der Waals surface area contributed by atoms with Crippen molar-refractivity contribution in [3.8, 4) is 22.8 Å². The summed E-state index contributed by atoms with van der Waals surface area (Å²) in [6.07, 6.45) is 2.70. The zero-order valence-corrected chi connectivity index (χ0v) is 17.0. The lowest BCUT2D eigenvalue weighted by atomic mass is 10.0. The normalized spacial score (nSPS) is 15.7. The van der Waals surface area contributed by atoms with Gasteiger partial charge in [0.2, 0.25) is 0 Å². The van der Waals surface area contributed by atoms with E-state index in [9.17, 15) is 4.79 Å². The summed E-state index contributed by atoms with van der Waals surface area (Å²) in [5, 5.41) is 0.498. The van der Waals surface area contributed by atoms with Crippen LogP contribution < -0.4 is 14.9 Å². The zero-order valence-electron chi connectivity index (χ0n) is 16.3. The van der Waals surface area contributed by atoms with E-state index in [0.717, 1.165) is 23.2 Å². The number of ether oxygens (including phenoxy) is 3. The molecule has 1 aromatic heterocycles. The first kappa shape index (κ1) is 19.8. The number of rotatable bonds is 6. The molecule has 2 aromatic rings. The molecule has 2 heterocycles. The number of hydrogen-bond donors (Lipinski definition) is 0. The molecule has 1 aliphatic heterocycles. The van der Waals surface area contributed by atoms with E-state index < -0.39 is 0 Å². The summed E-state index contributed by atoms with van der Waals surface area (Å²) < 4.78 is 19.1. The fraction of sp³-hybridized carbons (Fsp3) is 0.476. The first-order valence-electron chi connectivity index (χ1n) is 9.23. The summed E-state index contributed by atoms with van der Waals surface area (Å²) in [5.41, 5.74) is 2.36. The Morgan fingerprint density at radius 2 is 2.07 bits per heavy atom. The van der Waals surface area contributed by atoms with Crippen LogP contribution in [0.4, 0.5) is 0 Å². The Labute approximate surface area is 164 Å². The van der Waals surface area contributed by atoms with Crippen molar-refractivity contribution < 1.29 is 14.2 Å². The van der Waals surface area contributed by atoms with Crippen LogP contribution in [0.3, 0.4) is 0 Å². The van der Waals surface area contributed by atoms with E-state index in [4.69, 9.17) is 25.8 Å². The molecule has 0 bridgehead atoms. The van der Waals surface area contributed by atoms with Gasteiger partial charge in [-0.2, -0.15) is 0 Å². The number of nitrogens with zero attached hydrogens (tertiary/aromatic N) is 1. The molecule has 5 nitrogen and oxygen atoms in total. The van der Waals surface area contributed by atoms with Crippen LogP contribution in [0.2, 0.25) is 5.02 Å². The van der Waals surface area contributed by atoms with E-state index >= 15 is 0 Å². The van der Waals surface area contributed by atoms with Gasteiger partial charge in [0.15, 0.2) is 5.43 Å². The third kappa shape index (κ3) is 4.14. The number of aryl methyl sites for hydroxylation is 1. The second-order valence-corrected chi connectivity index (χ2v) is 7.62. The summed E-state index contributed by atoms with van der Waals surface area (Å²) in [5.74, 6) is 1.61. The SMILES string of the molecule is COCCCOc1cc2c(cc1Cl)-c1cc(=O)c(C)cn1[C@H](C(C)C)CO2. The van der Waals surface area contributed by atoms with Gasteiger partial charge in [0, 0.05) is 49.6 Å². The fourth-order valence-electron chi connectivity index (χ4n) is 3.27. The molecule has 1 atom stereocenters. The molecule has 0 saturated heterocycles. The number of methoxy groups -OCH3 is 1. The lowest BCUT2D eigenvalue weighted by molar-refractivity contribution is 0.172. The molecule has 1 aromatic carbocycles. The summed E-state index contributed by atoms with van der Waals surface area (Å²) in [6, 6.07) is 5.44. The van der Waals surface area contributed by atoms with Crippen LogP contribution in [0, 0.1) is 12.8 Å². The Kier molecular flexibility index (Phi) is 6.12. The fourth-order valence-corrected chi connectivity index (χ4v) is 3.48. The maximum absolute atomic E-state index is 12.3. The summed E-state index contributed by atoms with van der Waals surface area (Å²) in [4.78, 5) is 12.3. The van der Waals surface area contributed by atoms with Crippen LogP contribution in [-0.4, -0.2) is 31.5 Å². The van der Waals surface area contributed by atoms with Crippen molar-refractivity contribution in [2.24, 2.45) is 5.92 Å². The minimum atomic E-state index is 0.00706. The summed E-state index contributed by atoms with van der Waals surface area (Å²) in [7, 11) is 1.66. The van der Waals surface area contributed by atoms with Gasteiger partial charge in [0.1, 0.15) is 18.1 Å². The predicted octanol–water partition coefficient (Wildman–Crippen LogP) is 4.48. The van der Waals surface area contributed by atoms with Gasteiger partial charge < -0.3 is 18.8 Å². The highest BCUT2D eigenvalue weighted by Crippen LogP contribution is 2.42. The summed E-state index contributed by atoms with van der Waals surface area (Å²) in [6.45, 7) is 7.80. The number of halogens is 1. The topological polar surface area (TPSA) is 49.7 Å². The molecular weight excluding hydrogens is 366 g/mol. The van der Waals surface area contributed by atoms with Gasteiger partial charge in [0.25, 0.3) is 0 Å². The van der Waals surface area contributed by atoms with Gasteiger partial charge in [-0.25, -0.2) is 0 Å². The Hall–Kier alpha value is -1.98. The van der Waals surface area contributed by atoms with Crippen molar-refractivity contribution in [1.82, 2.24) is 4.57 Å². The van der Waals surface area contributed by atoms with E-state index in [1.54, 1.807) is 13.2 Å². The molecule has 0 radical (unpaired) electrons. The number of aromatic nitrogens is 1. The average Bonchev–Trinajstić information content (AvgIpc) is 2.76. The van der Waals surface area contributed by atoms with Crippen LogP contribution in [0.15, 0.2) is 29.2 Å². The number of fused-ring (bicyclic) bond motifs is 3. The Balaban J connectivity index is 2.05. The van der Waals surface area contributed by atoms with E-state index in [1.165, 1.54) is 0 Å². The average molecular weight is 392 g/mol. The van der Waals surface area contributed by atoms with Gasteiger partial charge in [-0.3, -0.25) is 4.79 Å². The first-order valence-corrected chi connectivity index (χ1v) is 9.61. The summed E-state index contributed by atoms with van der Waals surface area (Å²) >= 11 is 6.46. The highest BCUT2D eigenvalue weighted by atomic mass is 35.5. The van der Waals surface area contributed by atoms with E-state index in [2.05, 4.69) is 18.4 Å². The largest absolute Gasteiger partial charge is 0.492 e. The highest BCUT2D eigenvalue weighted by molar-refractivity contribution is 6.32. The van der Waals surface area contributed by atoms with Crippen LogP contribution >= 0.6 is 11.6 Å². The van der Waals surface area contributed by atoms with Gasteiger partial charge in [0.05, 0.1) is 23.4 Å². The second kappa shape index (κ2) is 8.36.